The molecule has 2 saturated heterocycles. The number of piperidine rings is 1. The highest BCUT2D eigenvalue weighted by Crippen LogP contribution is 2.26. The van der Waals surface area contributed by atoms with Crippen LogP contribution in [-0.2, 0) is 4.79 Å². The van der Waals surface area contributed by atoms with Crippen molar-refractivity contribution in [1.82, 2.24) is 10.2 Å². The maximum Gasteiger partial charge on any atom is 0.242 e. The predicted octanol–water partition coefficient (Wildman–Crippen LogP) is 1.53. The second-order valence-electron chi connectivity index (χ2n) is 5.21. The van der Waals surface area contributed by atoms with Crippen molar-refractivity contribution in [3.8, 4) is 0 Å². The van der Waals surface area contributed by atoms with Crippen LogP contribution in [0.15, 0.2) is 0 Å². The van der Waals surface area contributed by atoms with Gasteiger partial charge in [0.15, 0.2) is 0 Å². The number of hydrogen-bond acceptors (Lipinski definition) is 2. The van der Waals surface area contributed by atoms with E-state index >= 15 is 0 Å². The molecule has 2 aliphatic rings. The van der Waals surface area contributed by atoms with Gasteiger partial charge in [-0.3, -0.25) is 4.79 Å². The quantitative estimate of drug-likeness (QED) is 0.712. The van der Waals surface area contributed by atoms with E-state index in [-0.39, 0.29) is 5.54 Å². The van der Waals surface area contributed by atoms with Crippen LogP contribution in [0, 0.1) is 0 Å². The first-order valence-electron chi connectivity index (χ1n) is 6.19. The molecule has 0 aromatic rings. The van der Waals surface area contributed by atoms with Crippen LogP contribution in [0.5, 0.6) is 0 Å². The van der Waals surface area contributed by atoms with E-state index in [1.54, 1.807) is 0 Å². The number of carbonyl (C=O) groups excluding carboxylic acids is 1. The summed E-state index contributed by atoms with van der Waals surface area (Å²) in [6.45, 7) is 6.18. The van der Waals surface area contributed by atoms with Crippen LogP contribution in [0.1, 0.15) is 46.0 Å². The molecule has 15 heavy (non-hydrogen) atoms. The van der Waals surface area contributed by atoms with Crippen molar-refractivity contribution in [2.75, 3.05) is 13.1 Å². The molecule has 0 spiro atoms. The van der Waals surface area contributed by atoms with Crippen LogP contribution in [0.2, 0.25) is 0 Å². The van der Waals surface area contributed by atoms with Crippen LogP contribution in [0.4, 0.5) is 0 Å². The summed E-state index contributed by atoms with van der Waals surface area (Å²) in [6.07, 6.45) is 5.72. The Bertz CT molecular complexity index is 246. The Morgan fingerprint density at radius 1 is 1.40 bits per heavy atom. The van der Waals surface area contributed by atoms with E-state index in [1.807, 2.05) is 0 Å². The predicted molar refractivity (Wildman–Crippen MR) is 60.7 cm³/mol. The molecule has 3 nitrogen and oxygen atoms in total. The van der Waals surface area contributed by atoms with E-state index in [2.05, 4.69) is 24.1 Å². The molecule has 0 aromatic heterocycles. The van der Waals surface area contributed by atoms with Crippen LogP contribution < -0.4 is 5.32 Å². The molecule has 0 saturated carbocycles. The Hall–Kier alpha value is -0.570. The van der Waals surface area contributed by atoms with E-state index in [0.29, 0.717) is 11.9 Å². The van der Waals surface area contributed by atoms with Gasteiger partial charge in [0, 0.05) is 12.6 Å². The third-order valence-corrected chi connectivity index (χ3v) is 3.90. The van der Waals surface area contributed by atoms with Crippen LogP contribution in [0.25, 0.3) is 0 Å². The summed E-state index contributed by atoms with van der Waals surface area (Å²) in [6, 6.07) is 0.443. The van der Waals surface area contributed by atoms with Gasteiger partial charge in [-0.05, 0) is 52.5 Å². The zero-order valence-corrected chi connectivity index (χ0v) is 9.88. The van der Waals surface area contributed by atoms with Gasteiger partial charge in [0.05, 0.1) is 5.54 Å². The first kappa shape index (κ1) is 10.9. The molecule has 2 aliphatic heterocycles. The number of nitrogens with zero attached hydrogens (tertiary/aromatic N) is 1. The first-order chi connectivity index (χ1) is 7.13. The fourth-order valence-corrected chi connectivity index (χ4v) is 2.79. The molecule has 2 rings (SSSR count). The average molecular weight is 210 g/mol. The van der Waals surface area contributed by atoms with Crippen LogP contribution in [0.3, 0.4) is 0 Å². The van der Waals surface area contributed by atoms with Gasteiger partial charge in [-0.25, -0.2) is 0 Å². The highest BCUT2D eigenvalue weighted by atomic mass is 16.2. The number of amides is 1. The van der Waals surface area contributed by atoms with Crippen molar-refractivity contribution in [1.29, 1.82) is 0 Å². The molecule has 2 unspecified atom stereocenters. The second-order valence-corrected chi connectivity index (χ2v) is 5.21. The fraction of sp³-hybridized carbons (Fsp3) is 0.917. The van der Waals surface area contributed by atoms with Crippen molar-refractivity contribution in [3.05, 3.63) is 0 Å². The molecule has 0 aliphatic carbocycles. The summed E-state index contributed by atoms with van der Waals surface area (Å²) in [5, 5.41) is 3.40. The Balaban J connectivity index is 2.05. The third-order valence-electron chi connectivity index (χ3n) is 3.90. The van der Waals surface area contributed by atoms with E-state index in [4.69, 9.17) is 0 Å². The molecule has 1 amide bonds. The number of carbonyl (C=O) groups is 1. The molecular weight excluding hydrogens is 188 g/mol. The molecule has 2 atom stereocenters. The maximum atomic E-state index is 12.4. The van der Waals surface area contributed by atoms with Gasteiger partial charge >= 0.3 is 0 Å². The van der Waals surface area contributed by atoms with Crippen molar-refractivity contribution >= 4 is 5.91 Å². The van der Waals surface area contributed by atoms with Crippen molar-refractivity contribution < 1.29 is 4.79 Å². The van der Waals surface area contributed by atoms with E-state index in [1.165, 1.54) is 25.7 Å². The molecule has 2 fully saturated rings. The summed E-state index contributed by atoms with van der Waals surface area (Å²) >= 11 is 0. The number of hydrogen-bond donors (Lipinski definition) is 1. The highest BCUT2D eigenvalue weighted by Gasteiger charge is 2.40. The Kier molecular flexibility index (Phi) is 3.01. The molecule has 1 N–H and O–H groups in total. The first-order valence-corrected chi connectivity index (χ1v) is 6.19. The van der Waals surface area contributed by atoms with E-state index in [0.717, 1.165) is 19.5 Å². The second kappa shape index (κ2) is 4.12. The van der Waals surface area contributed by atoms with Crippen molar-refractivity contribution in [2.24, 2.45) is 0 Å². The SMILES string of the molecule is CC1CCCN1C(=O)C1(C)CCCCN1. The Labute approximate surface area is 92.2 Å². The van der Waals surface area contributed by atoms with Gasteiger partial charge in [-0.2, -0.15) is 0 Å². The molecule has 0 aromatic carbocycles. The summed E-state index contributed by atoms with van der Waals surface area (Å²) < 4.78 is 0. The van der Waals surface area contributed by atoms with Gasteiger partial charge in [-0.1, -0.05) is 0 Å². The topological polar surface area (TPSA) is 32.3 Å². The summed E-state index contributed by atoms with van der Waals surface area (Å²) in [5.74, 6) is 0.326. The van der Waals surface area contributed by atoms with E-state index < -0.39 is 0 Å². The van der Waals surface area contributed by atoms with Crippen LogP contribution in [-0.4, -0.2) is 35.5 Å². The molecule has 2 heterocycles. The largest absolute Gasteiger partial charge is 0.338 e. The monoisotopic (exact) mass is 210 g/mol. The van der Waals surface area contributed by atoms with Crippen molar-refractivity contribution in [3.63, 3.8) is 0 Å². The minimum absolute atomic E-state index is 0.281. The smallest absolute Gasteiger partial charge is 0.242 e. The van der Waals surface area contributed by atoms with Crippen molar-refractivity contribution in [2.45, 2.75) is 57.5 Å². The average Bonchev–Trinajstić information content (AvgIpc) is 2.64. The third kappa shape index (κ3) is 2.03. The molecule has 0 bridgehead atoms. The lowest BCUT2D eigenvalue weighted by molar-refractivity contribution is -0.139. The number of rotatable bonds is 1. The highest BCUT2D eigenvalue weighted by molar-refractivity contribution is 5.86. The maximum absolute atomic E-state index is 12.4. The molecule has 0 radical (unpaired) electrons. The lowest BCUT2D eigenvalue weighted by atomic mass is 9.89. The summed E-state index contributed by atoms with van der Waals surface area (Å²) in [7, 11) is 0. The van der Waals surface area contributed by atoms with Gasteiger partial charge < -0.3 is 10.2 Å². The lowest BCUT2D eigenvalue weighted by Crippen LogP contribution is -2.58. The summed E-state index contributed by atoms with van der Waals surface area (Å²) in [5.41, 5.74) is -0.281. The number of likely N-dealkylation sites (tertiary alicyclic amines) is 1. The number of nitrogens with one attached hydrogen (secondary N) is 1. The Morgan fingerprint density at radius 3 is 2.73 bits per heavy atom. The van der Waals surface area contributed by atoms with E-state index in [9.17, 15) is 4.79 Å². The normalized spacial score (nSPS) is 36.9. The van der Waals surface area contributed by atoms with Gasteiger partial charge in [0.25, 0.3) is 0 Å². The van der Waals surface area contributed by atoms with Crippen LogP contribution >= 0.6 is 0 Å². The van der Waals surface area contributed by atoms with Gasteiger partial charge in [0.2, 0.25) is 5.91 Å². The zero-order valence-electron chi connectivity index (χ0n) is 9.88. The van der Waals surface area contributed by atoms with Gasteiger partial charge in [0.1, 0.15) is 0 Å². The summed E-state index contributed by atoms with van der Waals surface area (Å²) in [4.78, 5) is 14.5. The lowest BCUT2D eigenvalue weighted by Gasteiger charge is -2.38. The molecule has 86 valence electrons. The zero-order chi connectivity index (χ0) is 10.9. The van der Waals surface area contributed by atoms with Gasteiger partial charge in [-0.15, -0.1) is 0 Å². The Morgan fingerprint density at radius 2 is 2.20 bits per heavy atom. The standard InChI is InChI=1S/C12H22N2O/c1-10-6-5-9-14(10)11(15)12(2)7-3-4-8-13-12/h10,13H,3-9H2,1-2H3. The molecule has 3 heteroatoms. The fourth-order valence-electron chi connectivity index (χ4n) is 2.79. The molecular formula is C12H22N2O. The minimum Gasteiger partial charge on any atom is -0.338 e. The minimum atomic E-state index is -0.281.